The van der Waals surface area contributed by atoms with Gasteiger partial charge in [-0.1, -0.05) is 35.8 Å². The molecule has 1 unspecified atom stereocenters. The number of oxazole rings is 1. The van der Waals surface area contributed by atoms with Gasteiger partial charge >= 0.3 is 5.76 Å². The molecule has 0 saturated heterocycles. The van der Waals surface area contributed by atoms with Crippen LogP contribution in [0, 0.1) is 0 Å². The van der Waals surface area contributed by atoms with Crippen LogP contribution in [0.25, 0.3) is 11.1 Å². The predicted molar refractivity (Wildman–Crippen MR) is 72.7 cm³/mol. The molecule has 3 nitrogen and oxygen atoms in total. The van der Waals surface area contributed by atoms with Crippen molar-refractivity contribution in [2.75, 3.05) is 0 Å². The lowest BCUT2D eigenvalue weighted by molar-refractivity contribution is 0.502. The van der Waals surface area contributed by atoms with Crippen LogP contribution in [0.4, 0.5) is 0 Å². The van der Waals surface area contributed by atoms with E-state index in [2.05, 4.69) is 22.9 Å². The van der Waals surface area contributed by atoms with Crippen molar-refractivity contribution in [2.24, 2.45) is 0 Å². The fourth-order valence-electron chi connectivity index (χ4n) is 1.95. The molecule has 0 spiro atoms. The molecule has 2 aromatic rings. The Hall–Kier alpha value is -1.03. The third-order valence-corrected chi connectivity index (χ3v) is 4.04. The normalized spacial score (nSPS) is 13.1. The van der Waals surface area contributed by atoms with Gasteiger partial charge in [0.2, 0.25) is 0 Å². The third-order valence-electron chi connectivity index (χ3n) is 2.86. The van der Waals surface area contributed by atoms with E-state index in [-0.39, 0.29) is 5.76 Å². The van der Waals surface area contributed by atoms with Crippen LogP contribution >= 0.6 is 15.9 Å². The Labute approximate surface area is 109 Å². The van der Waals surface area contributed by atoms with Crippen LogP contribution in [0.5, 0.6) is 0 Å². The lowest BCUT2D eigenvalue weighted by Crippen LogP contribution is -2.13. The van der Waals surface area contributed by atoms with Crippen molar-refractivity contribution in [2.45, 2.75) is 38.1 Å². The van der Waals surface area contributed by atoms with Crippen molar-refractivity contribution in [3.8, 4) is 0 Å². The SMILES string of the molecule is CCCn1c(=O)oc2cc(C(Br)CC)ccc21. The number of halogens is 1. The molecule has 92 valence electrons. The van der Waals surface area contributed by atoms with Gasteiger partial charge in [-0.05, 0) is 30.5 Å². The van der Waals surface area contributed by atoms with Gasteiger partial charge in [-0.15, -0.1) is 0 Å². The Morgan fingerprint density at radius 1 is 1.41 bits per heavy atom. The van der Waals surface area contributed by atoms with Crippen LogP contribution < -0.4 is 5.76 Å². The minimum Gasteiger partial charge on any atom is -0.408 e. The number of aryl methyl sites for hydroxylation is 1. The lowest BCUT2D eigenvalue weighted by atomic mass is 10.1. The molecule has 0 bridgehead atoms. The fourth-order valence-corrected chi connectivity index (χ4v) is 2.23. The molecule has 0 aliphatic carbocycles. The van der Waals surface area contributed by atoms with Gasteiger partial charge in [-0.25, -0.2) is 4.79 Å². The Bertz CT molecular complexity index is 570. The first-order chi connectivity index (χ1) is 8.17. The Balaban J connectivity index is 2.53. The molecule has 4 heteroatoms. The van der Waals surface area contributed by atoms with Crippen molar-refractivity contribution in [3.05, 3.63) is 34.3 Å². The van der Waals surface area contributed by atoms with Gasteiger partial charge in [0.15, 0.2) is 5.58 Å². The monoisotopic (exact) mass is 297 g/mol. The van der Waals surface area contributed by atoms with E-state index in [4.69, 9.17) is 4.42 Å². The molecule has 0 saturated carbocycles. The Morgan fingerprint density at radius 3 is 2.82 bits per heavy atom. The summed E-state index contributed by atoms with van der Waals surface area (Å²) in [7, 11) is 0. The van der Waals surface area contributed by atoms with Gasteiger partial charge in [0, 0.05) is 11.4 Å². The maximum absolute atomic E-state index is 11.7. The topological polar surface area (TPSA) is 35.1 Å². The number of hydrogen-bond acceptors (Lipinski definition) is 2. The first-order valence-electron chi connectivity index (χ1n) is 5.94. The summed E-state index contributed by atoms with van der Waals surface area (Å²) in [6.45, 7) is 4.87. The molecule has 0 radical (unpaired) electrons. The van der Waals surface area contributed by atoms with Crippen LogP contribution in [0.1, 0.15) is 37.1 Å². The van der Waals surface area contributed by atoms with Crippen LogP contribution in [0.3, 0.4) is 0 Å². The maximum Gasteiger partial charge on any atom is 0.419 e. The van der Waals surface area contributed by atoms with Crippen LogP contribution in [0.2, 0.25) is 0 Å². The summed E-state index contributed by atoms with van der Waals surface area (Å²) in [5.41, 5.74) is 2.72. The van der Waals surface area contributed by atoms with E-state index >= 15 is 0 Å². The second-order valence-electron chi connectivity index (χ2n) is 4.12. The summed E-state index contributed by atoms with van der Waals surface area (Å²) < 4.78 is 6.96. The van der Waals surface area contributed by atoms with Gasteiger partial charge < -0.3 is 4.42 Å². The molecule has 1 aromatic carbocycles. The van der Waals surface area contributed by atoms with E-state index in [0.717, 1.165) is 23.9 Å². The van der Waals surface area contributed by atoms with Gasteiger partial charge in [0.1, 0.15) is 0 Å². The second-order valence-corrected chi connectivity index (χ2v) is 5.23. The average Bonchev–Trinajstić information content (AvgIpc) is 2.64. The van der Waals surface area contributed by atoms with Crippen molar-refractivity contribution in [1.29, 1.82) is 0 Å². The largest absolute Gasteiger partial charge is 0.419 e. The highest BCUT2D eigenvalue weighted by atomic mass is 79.9. The summed E-state index contributed by atoms with van der Waals surface area (Å²) >= 11 is 3.60. The second kappa shape index (κ2) is 5.08. The number of nitrogens with zero attached hydrogens (tertiary/aromatic N) is 1. The minimum absolute atomic E-state index is 0.262. The van der Waals surface area contributed by atoms with Crippen molar-refractivity contribution < 1.29 is 4.42 Å². The number of aromatic nitrogens is 1. The summed E-state index contributed by atoms with van der Waals surface area (Å²) in [6.07, 6.45) is 1.93. The standard InChI is InChI=1S/C13H16BrNO2/c1-3-7-15-11-6-5-9(10(14)4-2)8-12(11)17-13(15)16/h5-6,8,10H,3-4,7H2,1-2H3. The lowest BCUT2D eigenvalue weighted by Gasteiger charge is -2.06. The summed E-state index contributed by atoms with van der Waals surface area (Å²) in [5.74, 6) is -0.262. The van der Waals surface area contributed by atoms with Gasteiger partial charge in [-0.3, -0.25) is 4.57 Å². The van der Waals surface area contributed by atoms with Gasteiger partial charge in [0.05, 0.1) is 5.52 Å². The Kier molecular flexibility index (Phi) is 3.72. The highest BCUT2D eigenvalue weighted by molar-refractivity contribution is 9.09. The molecular weight excluding hydrogens is 282 g/mol. The van der Waals surface area contributed by atoms with E-state index in [9.17, 15) is 4.79 Å². The summed E-state index contributed by atoms with van der Waals surface area (Å²) in [4.78, 5) is 12.0. The molecule has 2 rings (SSSR count). The average molecular weight is 298 g/mol. The van der Waals surface area contributed by atoms with Crippen LogP contribution in [0.15, 0.2) is 27.4 Å². The zero-order valence-corrected chi connectivity index (χ0v) is 11.7. The molecule has 0 aliphatic heterocycles. The predicted octanol–water partition coefficient (Wildman–Crippen LogP) is 3.85. The fraction of sp³-hybridized carbons (Fsp3) is 0.462. The first-order valence-corrected chi connectivity index (χ1v) is 6.86. The quantitative estimate of drug-likeness (QED) is 0.804. The summed E-state index contributed by atoms with van der Waals surface area (Å²) in [6, 6.07) is 5.97. The molecule has 1 aromatic heterocycles. The number of rotatable bonds is 4. The van der Waals surface area contributed by atoms with Gasteiger partial charge in [-0.2, -0.15) is 0 Å². The number of benzene rings is 1. The molecule has 1 heterocycles. The molecule has 0 fully saturated rings. The smallest absolute Gasteiger partial charge is 0.408 e. The van der Waals surface area contributed by atoms with Crippen molar-refractivity contribution >= 4 is 27.0 Å². The molecule has 1 atom stereocenters. The minimum atomic E-state index is -0.262. The molecular formula is C13H16BrNO2. The van der Waals surface area contributed by atoms with Crippen molar-refractivity contribution in [1.82, 2.24) is 4.57 Å². The third kappa shape index (κ3) is 2.32. The van der Waals surface area contributed by atoms with E-state index in [1.807, 2.05) is 25.1 Å². The number of alkyl halides is 1. The number of fused-ring (bicyclic) bond motifs is 1. The van der Waals surface area contributed by atoms with E-state index in [1.165, 1.54) is 0 Å². The molecule has 0 aliphatic rings. The Morgan fingerprint density at radius 2 is 2.18 bits per heavy atom. The van der Waals surface area contributed by atoms with E-state index in [0.29, 0.717) is 17.0 Å². The molecule has 0 amide bonds. The zero-order chi connectivity index (χ0) is 12.4. The zero-order valence-electron chi connectivity index (χ0n) is 10.1. The molecule has 17 heavy (non-hydrogen) atoms. The molecule has 0 N–H and O–H groups in total. The van der Waals surface area contributed by atoms with Crippen LogP contribution in [-0.4, -0.2) is 4.57 Å². The number of hydrogen-bond donors (Lipinski definition) is 0. The van der Waals surface area contributed by atoms with Crippen LogP contribution in [-0.2, 0) is 6.54 Å². The summed E-state index contributed by atoms with van der Waals surface area (Å²) in [5, 5.41) is 0. The van der Waals surface area contributed by atoms with Crippen molar-refractivity contribution in [3.63, 3.8) is 0 Å². The highest BCUT2D eigenvalue weighted by Crippen LogP contribution is 2.28. The van der Waals surface area contributed by atoms with Gasteiger partial charge in [0.25, 0.3) is 0 Å². The van der Waals surface area contributed by atoms with E-state index < -0.39 is 0 Å². The van der Waals surface area contributed by atoms with E-state index in [1.54, 1.807) is 4.57 Å². The maximum atomic E-state index is 11.7. The highest BCUT2D eigenvalue weighted by Gasteiger charge is 2.11. The first kappa shape index (κ1) is 12.4.